The van der Waals surface area contributed by atoms with Crippen LogP contribution in [0, 0.1) is 0 Å². The van der Waals surface area contributed by atoms with Crippen LogP contribution < -0.4 is 5.32 Å². The number of amides is 1. The van der Waals surface area contributed by atoms with E-state index >= 15 is 0 Å². The zero-order valence-electron chi connectivity index (χ0n) is 16.8. The van der Waals surface area contributed by atoms with Crippen LogP contribution in [0.3, 0.4) is 0 Å². The average Bonchev–Trinajstić information content (AvgIpc) is 3.32. The predicted octanol–water partition coefficient (Wildman–Crippen LogP) is 3.32. The minimum atomic E-state index is -4.60. The lowest BCUT2D eigenvalue weighted by molar-refractivity contribution is -0.137. The Morgan fingerprint density at radius 3 is 2.66 bits per heavy atom. The van der Waals surface area contributed by atoms with E-state index in [1.165, 1.54) is 23.4 Å². The molecule has 0 spiro atoms. The van der Waals surface area contributed by atoms with Gasteiger partial charge in [0.05, 0.1) is 17.2 Å². The van der Waals surface area contributed by atoms with Crippen molar-refractivity contribution in [3.63, 3.8) is 0 Å². The molecule has 1 aromatic carbocycles. The molecule has 1 amide bonds. The summed E-state index contributed by atoms with van der Waals surface area (Å²) in [5.74, 6) is 0.0196. The molecule has 1 fully saturated rings. The number of H-pyrrole nitrogens is 1. The summed E-state index contributed by atoms with van der Waals surface area (Å²) in [6.07, 6.45) is 1.51. The number of aromatic nitrogens is 7. The van der Waals surface area contributed by atoms with Crippen LogP contribution in [0.25, 0.3) is 16.9 Å². The maximum atomic E-state index is 13.5. The largest absolute Gasteiger partial charge is 0.416 e. The molecule has 0 radical (unpaired) electrons. The van der Waals surface area contributed by atoms with E-state index in [1.807, 2.05) is 0 Å². The van der Waals surface area contributed by atoms with E-state index in [2.05, 4.69) is 35.6 Å². The lowest BCUT2D eigenvalue weighted by Crippen LogP contribution is -2.29. The number of halogens is 3. The van der Waals surface area contributed by atoms with Gasteiger partial charge in [-0.2, -0.15) is 28.1 Å². The van der Waals surface area contributed by atoms with Crippen molar-refractivity contribution < 1.29 is 18.0 Å². The van der Waals surface area contributed by atoms with Crippen molar-refractivity contribution in [1.82, 2.24) is 40.2 Å². The Bertz CT molecular complexity index is 1290. The van der Waals surface area contributed by atoms with Gasteiger partial charge in [-0.25, -0.2) is 15.0 Å². The Balaban J connectivity index is 1.50. The highest BCUT2D eigenvalue weighted by atomic mass is 19.4. The van der Waals surface area contributed by atoms with Crippen LogP contribution in [-0.2, 0) is 6.18 Å². The summed E-state index contributed by atoms with van der Waals surface area (Å²) in [7, 11) is 0. The number of rotatable bonds is 5. The highest BCUT2D eigenvalue weighted by Gasteiger charge is 2.35. The molecule has 3 aromatic heterocycles. The molecule has 0 unspecified atom stereocenters. The highest BCUT2D eigenvalue weighted by Crippen LogP contribution is 2.43. The van der Waals surface area contributed by atoms with Gasteiger partial charge in [0, 0.05) is 29.4 Å². The third-order valence-corrected chi connectivity index (χ3v) is 5.30. The molecule has 3 heterocycles. The van der Waals surface area contributed by atoms with Crippen molar-refractivity contribution in [1.29, 1.82) is 0 Å². The van der Waals surface area contributed by atoms with Crippen molar-refractivity contribution in [2.24, 2.45) is 0 Å². The predicted molar refractivity (Wildman–Crippen MR) is 106 cm³/mol. The van der Waals surface area contributed by atoms with Crippen molar-refractivity contribution in [2.75, 3.05) is 0 Å². The monoisotopic (exact) mass is 442 g/mol. The number of aromatic amines is 1. The minimum Gasteiger partial charge on any atom is -0.342 e. The molecule has 164 valence electrons. The van der Waals surface area contributed by atoms with Crippen molar-refractivity contribution >= 4 is 16.8 Å². The second-order valence-electron chi connectivity index (χ2n) is 7.60. The van der Waals surface area contributed by atoms with Gasteiger partial charge in [0.15, 0.2) is 5.82 Å². The molecule has 5 rings (SSSR count). The summed E-state index contributed by atoms with van der Waals surface area (Å²) in [6.45, 7) is 1.65. The SMILES string of the molecule is C[C@H](NC(=O)c1cc(C(F)(F)F)cc2c(C3CC3)[nH]nc12)c1ncnn1-c1ncccn1. The van der Waals surface area contributed by atoms with Gasteiger partial charge in [-0.1, -0.05) is 0 Å². The van der Waals surface area contributed by atoms with Crippen LogP contribution >= 0.6 is 0 Å². The van der Waals surface area contributed by atoms with Crippen LogP contribution in [-0.4, -0.2) is 40.8 Å². The lowest BCUT2D eigenvalue weighted by atomic mass is 10.0. The van der Waals surface area contributed by atoms with Crippen LogP contribution in [0.1, 0.15) is 59.2 Å². The summed E-state index contributed by atoms with van der Waals surface area (Å²) >= 11 is 0. The summed E-state index contributed by atoms with van der Waals surface area (Å²) < 4.78 is 42.0. The van der Waals surface area contributed by atoms with Gasteiger partial charge >= 0.3 is 6.18 Å². The molecule has 1 saturated carbocycles. The van der Waals surface area contributed by atoms with Gasteiger partial charge in [0.2, 0.25) is 0 Å². The maximum absolute atomic E-state index is 13.5. The topological polar surface area (TPSA) is 114 Å². The molecule has 0 aliphatic heterocycles. The van der Waals surface area contributed by atoms with E-state index in [-0.39, 0.29) is 22.9 Å². The number of hydrogen-bond acceptors (Lipinski definition) is 6. The zero-order valence-corrected chi connectivity index (χ0v) is 16.8. The van der Waals surface area contributed by atoms with Crippen molar-refractivity contribution in [3.8, 4) is 5.95 Å². The molecule has 4 aromatic rings. The molecule has 12 heteroatoms. The molecule has 2 N–H and O–H groups in total. The van der Waals surface area contributed by atoms with Gasteiger partial charge in [-0.15, -0.1) is 0 Å². The molecule has 0 bridgehead atoms. The van der Waals surface area contributed by atoms with Gasteiger partial charge in [-0.3, -0.25) is 9.89 Å². The number of fused-ring (bicyclic) bond motifs is 1. The number of hydrogen-bond donors (Lipinski definition) is 2. The smallest absolute Gasteiger partial charge is 0.342 e. The first-order chi connectivity index (χ1) is 15.3. The first-order valence-electron chi connectivity index (χ1n) is 9.90. The average molecular weight is 442 g/mol. The third-order valence-electron chi connectivity index (χ3n) is 5.30. The molecule has 1 atom stereocenters. The molecular formula is C20H17F3N8O. The van der Waals surface area contributed by atoms with E-state index in [0.29, 0.717) is 16.9 Å². The van der Waals surface area contributed by atoms with E-state index in [4.69, 9.17) is 0 Å². The molecule has 32 heavy (non-hydrogen) atoms. The number of benzene rings is 1. The number of alkyl halides is 3. The van der Waals surface area contributed by atoms with Crippen LogP contribution in [0.4, 0.5) is 13.2 Å². The Hall–Kier alpha value is -3.83. The molecular weight excluding hydrogens is 425 g/mol. The quantitative estimate of drug-likeness (QED) is 0.490. The Kier molecular flexibility index (Phi) is 4.64. The molecule has 1 aliphatic rings. The fourth-order valence-corrected chi connectivity index (χ4v) is 3.60. The van der Waals surface area contributed by atoms with Crippen molar-refractivity contribution in [2.45, 2.75) is 37.9 Å². The van der Waals surface area contributed by atoms with Gasteiger partial charge in [-0.05, 0) is 38.0 Å². The molecule has 0 saturated heterocycles. The Morgan fingerprint density at radius 2 is 1.97 bits per heavy atom. The van der Waals surface area contributed by atoms with E-state index in [9.17, 15) is 18.0 Å². The van der Waals surface area contributed by atoms with Crippen LogP contribution in [0.15, 0.2) is 36.9 Å². The molecule has 9 nitrogen and oxygen atoms in total. The normalized spacial score (nSPS) is 15.1. The highest BCUT2D eigenvalue weighted by molar-refractivity contribution is 6.06. The number of nitrogens with zero attached hydrogens (tertiary/aromatic N) is 6. The number of carbonyl (C=O) groups excluding carboxylic acids is 1. The second-order valence-corrected chi connectivity index (χ2v) is 7.60. The van der Waals surface area contributed by atoms with E-state index in [0.717, 1.165) is 25.0 Å². The Morgan fingerprint density at radius 1 is 1.22 bits per heavy atom. The third kappa shape index (κ3) is 3.57. The fourth-order valence-electron chi connectivity index (χ4n) is 3.60. The van der Waals surface area contributed by atoms with Gasteiger partial charge in [0.25, 0.3) is 11.9 Å². The Labute approximate surface area is 179 Å². The standard InChI is InChI=1S/C20H17F3N8O/c1-10(17-26-9-27-31(17)19-24-5-2-6-25-19)28-18(32)14-8-12(20(21,22)23)7-13-15(11-3-4-11)29-30-16(13)14/h2,5-11H,3-4H2,1H3,(H,28,32)(H,29,30)/t10-/m0/s1. The van der Waals surface area contributed by atoms with E-state index in [1.54, 1.807) is 13.0 Å². The summed E-state index contributed by atoms with van der Waals surface area (Å²) in [6, 6.07) is 2.83. The summed E-state index contributed by atoms with van der Waals surface area (Å²) in [5.41, 5.74) is -0.217. The first kappa shape index (κ1) is 20.1. The van der Waals surface area contributed by atoms with Crippen molar-refractivity contribution in [3.05, 3.63) is 59.6 Å². The fraction of sp³-hybridized carbons (Fsp3) is 0.300. The minimum absolute atomic E-state index is 0.141. The van der Waals surface area contributed by atoms with Crippen LogP contribution in [0.5, 0.6) is 0 Å². The van der Waals surface area contributed by atoms with Crippen LogP contribution in [0.2, 0.25) is 0 Å². The second kappa shape index (κ2) is 7.39. The first-order valence-corrected chi connectivity index (χ1v) is 9.90. The summed E-state index contributed by atoms with van der Waals surface area (Å²) in [5, 5.41) is 14.1. The molecule has 1 aliphatic carbocycles. The number of carbonyl (C=O) groups is 1. The van der Waals surface area contributed by atoms with Gasteiger partial charge in [0.1, 0.15) is 11.8 Å². The lowest BCUT2D eigenvalue weighted by Gasteiger charge is -2.15. The van der Waals surface area contributed by atoms with E-state index < -0.39 is 23.7 Å². The summed E-state index contributed by atoms with van der Waals surface area (Å²) in [4.78, 5) is 25.4. The number of nitrogens with one attached hydrogen (secondary N) is 2. The zero-order chi connectivity index (χ0) is 22.5. The van der Waals surface area contributed by atoms with Gasteiger partial charge < -0.3 is 5.32 Å². The maximum Gasteiger partial charge on any atom is 0.416 e.